The van der Waals surface area contributed by atoms with Gasteiger partial charge < -0.3 is 15.0 Å². The fourth-order valence-corrected chi connectivity index (χ4v) is 7.61. The highest BCUT2D eigenvalue weighted by molar-refractivity contribution is 7.89. The second-order valence-electron chi connectivity index (χ2n) is 9.88. The van der Waals surface area contributed by atoms with Gasteiger partial charge in [-0.1, -0.05) is 30.3 Å². The van der Waals surface area contributed by atoms with Gasteiger partial charge in [-0.25, -0.2) is 8.42 Å². The van der Waals surface area contributed by atoms with E-state index in [0.717, 1.165) is 79.9 Å². The highest BCUT2D eigenvalue weighted by Gasteiger charge is 2.36. The van der Waals surface area contributed by atoms with Crippen molar-refractivity contribution in [1.82, 2.24) is 14.2 Å². The fourth-order valence-electron chi connectivity index (χ4n) is 5.73. The molecule has 194 valence electrons. The molecule has 2 saturated heterocycles. The molecular formula is C27H31N5O4S. The number of hydrogen-bond acceptors (Lipinski definition) is 7. The number of piperazine rings is 1. The maximum absolute atomic E-state index is 13.7. The lowest BCUT2D eigenvalue weighted by Gasteiger charge is -2.38. The van der Waals surface area contributed by atoms with Gasteiger partial charge in [0.2, 0.25) is 10.0 Å². The molecule has 0 spiro atoms. The number of carbonyl (C=O) groups excluding carboxylic acids is 1. The first kappa shape index (κ1) is 24.1. The number of pyridine rings is 1. The average Bonchev–Trinajstić information content (AvgIpc) is 3.41. The zero-order valence-electron chi connectivity index (χ0n) is 20.7. The van der Waals surface area contributed by atoms with Crippen molar-refractivity contribution in [1.29, 1.82) is 0 Å². The Kier molecular flexibility index (Phi) is 6.48. The minimum atomic E-state index is -3.62. The highest BCUT2D eigenvalue weighted by Crippen LogP contribution is 2.38. The summed E-state index contributed by atoms with van der Waals surface area (Å²) in [5.41, 5.74) is 1.73. The van der Waals surface area contributed by atoms with Crippen LogP contribution in [0.1, 0.15) is 19.3 Å². The molecule has 37 heavy (non-hydrogen) atoms. The Labute approximate surface area is 217 Å². The molecule has 0 saturated carbocycles. The van der Waals surface area contributed by atoms with Crippen molar-refractivity contribution in [3.05, 3.63) is 54.9 Å². The van der Waals surface area contributed by atoms with Gasteiger partial charge >= 0.3 is 0 Å². The third-order valence-electron chi connectivity index (χ3n) is 7.65. The number of amides is 1. The minimum absolute atomic E-state index is 0.000141. The minimum Gasteiger partial charge on any atom is -0.479 e. The summed E-state index contributed by atoms with van der Waals surface area (Å²) in [5.74, 6) is 0.611. The lowest BCUT2D eigenvalue weighted by atomic mass is 10.1. The van der Waals surface area contributed by atoms with E-state index >= 15 is 0 Å². The summed E-state index contributed by atoms with van der Waals surface area (Å²) in [5, 5.41) is 4.44. The van der Waals surface area contributed by atoms with Crippen LogP contribution in [-0.4, -0.2) is 80.4 Å². The number of fused-ring (bicyclic) bond motifs is 2. The van der Waals surface area contributed by atoms with Crippen LogP contribution in [-0.2, 0) is 14.8 Å². The van der Waals surface area contributed by atoms with Crippen molar-refractivity contribution in [2.75, 3.05) is 56.1 Å². The van der Waals surface area contributed by atoms with Crippen LogP contribution in [0.5, 0.6) is 5.75 Å². The SMILES string of the molecule is O=C1COc2c(cccc2N2CCN(CCC3CCCN3S(=O)(=O)c3cncc4ccccc34)CC2)N1. The van der Waals surface area contributed by atoms with E-state index in [9.17, 15) is 13.2 Å². The van der Waals surface area contributed by atoms with E-state index < -0.39 is 10.0 Å². The van der Waals surface area contributed by atoms with Gasteiger partial charge in [-0.3, -0.25) is 14.7 Å². The topological polar surface area (TPSA) is 95.1 Å². The third kappa shape index (κ3) is 4.65. The smallest absolute Gasteiger partial charge is 0.262 e. The molecule has 0 bridgehead atoms. The van der Waals surface area contributed by atoms with E-state index in [0.29, 0.717) is 11.4 Å². The van der Waals surface area contributed by atoms with Crippen LogP contribution in [0.2, 0.25) is 0 Å². The number of ether oxygens (including phenoxy) is 1. The molecule has 2 fully saturated rings. The number of nitrogens with one attached hydrogen (secondary N) is 1. The second-order valence-corrected chi connectivity index (χ2v) is 11.7. The van der Waals surface area contributed by atoms with Crippen LogP contribution >= 0.6 is 0 Å². The molecule has 6 rings (SSSR count). The Morgan fingerprint density at radius 3 is 2.70 bits per heavy atom. The molecule has 1 aromatic heterocycles. The van der Waals surface area contributed by atoms with Gasteiger partial charge in [-0.15, -0.1) is 0 Å². The summed E-state index contributed by atoms with van der Waals surface area (Å²) in [6.07, 6.45) is 5.78. The monoisotopic (exact) mass is 521 g/mol. The lowest BCUT2D eigenvalue weighted by Crippen LogP contribution is -2.48. The van der Waals surface area contributed by atoms with Crippen molar-refractivity contribution >= 4 is 38.1 Å². The third-order valence-corrected chi connectivity index (χ3v) is 9.63. The molecule has 1 amide bonds. The molecule has 2 aromatic carbocycles. The molecule has 10 heteroatoms. The largest absolute Gasteiger partial charge is 0.479 e. The number of carbonyl (C=O) groups is 1. The molecule has 3 aliphatic heterocycles. The van der Waals surface area contributed by atoms with Crippen LogP contribution in [0, 0.1) is 0 Å². The maximum atomic E-state index is 13.7. The van der Waals surface area contributed by atoms with Gasteiger partial charge in [0.15, 0.2) is 12.4 Å². The van der Waals surface area contributed by atoms with E-state index in [1.54, 1.807) is 10.5 Å². The average molecular weight is 522 g/mol. The summed E-state index contributed by atoms with van der Waals surface area (Å²) >= 11 is 0. The van der Waals surface area contributed by atoms with Crippen LogP contribution in [0.25, 0.3) is 10.8 Å². The van der Waals surface area contributed by atoms with Gasteiger partial charge in [0.25, 0.3) is 5.91 Å². The molecule has 0 radical (unpaired) electrons. The van der Waals surface area contributed by atoms with E-state index in [2.05, 4.69) is 20.1 Å². The van der Waals surface area contributed by atoms with Gasteiger partial charge in [0.05, 0.1) is 11.4 Å². The number of rotatable bonds is 6. The predicted molar refractivity (Wildman–Crippen MR) is 142 cm³/mol. The van der Waals surface area contributed by atoms with Crippen molar-refractivity contribution in [2.45, 2.75) is 30.2 Å². The normalized spacial score (nSPS) is 21.0. The quantitative estimate of drug-likeness (QED) is 0.533. The fraction of sp³-hybridized carbons (Fsp3) is 0.407. The number of hydrogen-bond donors (Lipinski definition) is 1. The molecule has 4 heterocycles. The molecule has 1 unspecified atom stereocenters. The predicted octanol–water partition coefficient (Wildman–Crippen LogP) is 2.93. The maximum Gasteiger partial charge on any atom is 0.262 e. The van der Waals surface area contributed by atoms with Gasteiger partial charge in [0.1, 0.15) is 4.90 Å². The first-order valence-electron chi connectivity index (χ1n) is 12.9. The van der Waals surface area contributed by atoms with Crippen molar-refractivity contribution in [3.63, 3.8) is 0 Å². The number of benzene rings is 2. The van der Waals surface area contributed by atoms with Crippen molar-refractivity contribution in [2.24, 2.45) is 0 Å². The number of nitrogens with zero attached hydrogens (tertiary/aromatic N) is 4. The molecule has 9 nitrogen and oxygen atoms in total. The zero-order chi connectivity index (χ0) is 25.4. The Hall–Kier alpha value is -3.21. The highest BCUT2D eigenvalue weighted by atomic mass is 32.2. The lowest BCUT2D eigenvalue weighted by molar-refractivity contribution is -0.118. The van der Waals surface area contributed by atoms with Crippen LogP contribution in [0.15, 0.2) is 59.8 Å². The summed E-state index contributed by atoms with van der Waals surface area (Å²) < 4.78 is 34.8. The molecule has 1 N–H and O–H groups in total. The van der Waals surface area contributed by atoms with E-state index in [1.807, 2.05) is 42.5 Å². The zero-order valence-corrected chi connectivity index (χ0v) is 21.5. The first-order chi connectivity index (χ1) is 18.0. The summed E-state index contributed by atoms with van der Waals surface area (Å²) in [6, 6.07) is 13.4. The molecule has 3 aliphatic rings. The second kappa shape index (κ2) is 9.92. The number of sulfonamides is 1. The molecular weight excluding hydrogens is 490 g/mol. The Morgan fingerprint density at radius 1 is 1.00 bits per heavy atom. The Balaban J connectivity index is 1.09. The molecule has 0 aliphatic carbocycles. The first-order valence-corrected chi connectivity index (χ1v) is 14.3. The Morgan fingerprint density at radius 2 is 1.84 bits per heavy atom. The summed E-state index contributed by atoms with van der Waals surface area (Å²) in [7, 11) is -3.62. The standard InChI is InChI=1S/C27H31N5O4S/c33-26-19-36-27-23(29-26)8-3-9-24(27)31-15-13-30(14-16-31)12-10-21-6-4-11-32(21)37(34,35)25-18-28-17-20-5-1-2-7-22(20)25/h1-3,5,7-9,17-18,21H,4,6,10-16,19H2,(H,29,33). The van der Waals surface area contributed by atoms with Gasteiger partial charge in [0, 0.05) is 61.9 Å². The van der Waals surface area contributed by atoms with Crippen molar-refractivity contribution in [3.8, 4) is 5.75 Å². The molecule has 1 atom stereocenters. The van der Waals surface area contributed by atoms with E-state index in [1.165, 1.54) is 6.20 Å². The number of anilines is 2. The molecule has 3 aromatic rings. The Bertz CT molecular complexity index is 1420. The van der Waals surface area contributed by atoms with Gasteiger partial charge in [-0.05, 0) is 37.9 Å². The van der Waals surface area contributed by atoms with Crippen LogP contribution in [0.4, 0.5) is 11.4 Å². The number of aromatic nitrogens is 1. The van der Waals surface area contributed by atoms with Crippen LogP contribution < -0.4 is 15.0 Å². The van der Waals surface area contributed by atoms with E-state index in [4.69, 9.17) is 4.74 Å². The van der Waals surface area contributed by atoms with E-state index in [-0.39, 0.29) is 18.6 Å². The van der Waals surface area contributed by atoms with Gasteiger partial charge in [-0.2, -0.15) is 4.31 Å². The van der Waals surface area contributed by atoms with Crippen molar-refractivity contribution < 1.29 is 17.9 Å². The number of para-hydroxylation sites is 1. The summed E-state index contributed by atoms with van der Waals surface area (Å²) in [6.45, 7) is 4.94. The van der Waals surface area contributed by atoms with Crippen LogP contribution in [0.3, 0.4) is 0 Å². The summed E-state index contributed by atoms with van der Waals surface area (Å²) in [4.78, 5) is 20.9.